The lowest BCUT2D eigenvalue weighted by atomic mass is 10.1. The summed E-state index contributed by atoms with van der Waals surface area (Å²) in [6.45, 7) is 3.74. The highest BCUT2D eigenvalue weighted by Crippen LogP contribution is 2.21. The number of carbonyl (C=O) groups excluding carboxylic acids is 1. The molecule has 0 aliphatic heterocycles. The Balaban J connectivity index is 2.28. The Morgan fingerprint density at radius 2 is 2.00 bits per heavy atom. The molecule has 0 aliphatic rings. The summed E-state index contributed by atoms with van der Waals surface area (Å²) in [6.07, 6.45) is 3.63. The minimum absolute atomic E-state index is 0.0296. The highest BCUT2D eigenvalue weighted by Gasteiger charge is 2.02. The number of thioether (sulfide) groups is 1. The van der Waals surface area contributed by atoms with Crippen LogP contribution in [0.4, 0.5) is 5.69 Å². The molecule has 3 nitrogen and oxygen atoms in total. The van der Waals surface area contributed by atoms with Crippen LogP contribution in [0.5, 0.6) is 0 Å². The molecular formula is C15H24N2OS. The molecule has 0 fully saturated rings. The van der Waals surface area contributed by atoms with E-state index in [9.17, 15) is 4.79 Å². The van der Waals surface area contributed by atoms with Crippen LogP contribution < -0.4 is 10.6 Å². The van der Waals surface area contributed by atoms with E-state index < -0.39 is 0 Å². The van der Waals surface area contributed by atoms with Crippen molar-refractivity contribution in [1.29, 1.82) is 0 Å². The van der Waals surface area contributed by atoms with E-state index >= 15 is 0 Å². The third-order valence-electron chi connectivity index (χ3n) is 3.04. The van der Waals surface area contributed by atoms with Crippen molar-refractivity contribution in [2.24, 2.45) is 0 Å². The summed E-state index contributed by atoms with van der Waals surface area (Å²) in [7, 11) is 2.03. The van der Waals surface area contributed by atoms with Gasteiger partial charge in [0.25, 0.3) is 0 Å². The normalized spacial score (nSPS) is 12.2. The Morgan fingerprint density at radius 3 is 2.53 bits per heavy atom. The summed E-state index contributed by atoms with van der Waals surface area (Å²) in [4.78, 5) is 12.2. The van der Waals surface area contributed by atoms with E-state index in [1.54, 1.807) is 0 Å². The van der Waals surface area contributed by atoms with Crippen molar-refractivity contribution in [3.05, 3.63) is 24.3 Å². The molecule has 1 aromatic carbocycles. The average Bonchev–Trinajstić information content (AvgIpc) is 2.40. The van der Waals surface area contributed by atoms with Gasteiger partial charge in [0, 0.05) is 23.5 Å². The highest BCUT2D eigenvalue weighted by molar-refractivity contribution is 7.99. The fraction of sp³-hybridized carbons (Fsp3) is 0.533. The number of carbonyl (C=O) groups is 1. The number of nitrogens with one attached hydrogen (secondary N) is 2. The number of rotatable bonds is 8. The summed E-state index contributed by atoms with van der Waals surface area (Å²) in [5, 5.41) is 6.10. The van der Waals surface area contributed by atoms with Crippen LogP contribution in [0.3, 0.4) is 0 Å². The third kappa shape index (κ3) is 6.64. The number of hydrogen-bond acceptors (Lipinski definition) is 3. The largest absolute Gasteiger partial charge is 0.326 e. The number of amides is 1. The van der Waals surface area contributed by atoms with Crippen LogP contribution in [0.15, 0.2) is 29.2 Å². The fourth-order valence-electron chi connectivity index (χ4n) is 1.91. The number of benzene rings is 1. The molecule has 106 valence electrons. The summed E-state index contributed by atoms with van der Waals surface area (Å²) in [5.74, 6) is 1.11. The molecule has 1 atom stereocenters. The standard InChI is InChI=1S/C15H24N2OS/c1-4-13(16-3)6-5-11-19-15-9-7-14(8-10-15)17-12(2)18/h7-10,13,16H,4-6,11H2,1-3H3,(H,17,18). The average molecular weight is 280 g/mol. The van der Waals surface area contributed by atoms with Crippen molar-refractivity contribution < 1.29 is 4.79 Å². The molecule has 0 saturated carbocycles. The monoisotopic (exact) mass is 280 g/mol. The lowest BCUT2D eigenvalue weighted by Gasteiger charge is -2.12. The van der Waals surface area contributed by atoms with Crippen LogP contribution in [0.1, 0.15) is 33.1 Å². The maximum Gasteiger partial charge on any atom is 0.221 e. The maximum absolute atomic E-state index is 10.9. The van der Waals surface area contributed by atoms with E-state index in [-0.39, 0.29) is 5.91 Å². The minimum Gasteiger partial charge on any atom is -0.326 e. The summed E-state index contributed by atoms with van der Waals surface area (Å²) in [5.41, 5.74) is 0.859. The first-order valence-corrected chi connectivity index (χ1v) is 7.82. The molecular weight excluding hydrogens is 256 g/mol. The van der Waals surface area contributed by atoms with Crippen LogP contribution in [-0.4, -0.2) is 24.7 Å². The second-order valence-electron chi connectivity index (χ2n) is 4.59. The maximum atomic E-state index is 10.9. The molecule has 2 N–H and O–H groups in total. The van der Waals surface area contributed by atoms with E-state index in [2.05, 4.69) is 29.7 Å². The Kier molecular flexibility index (Phi) is 7.60. The van der Waals surface area contributed by atoms with Gasteiger partial charge in [0.15, 0.2) is 0 Å². The van der Waals surface area contributed by atoms with Gasteiger partial charge in [-0.1, -0.05) is 6.92 Å². The molecule has 4 heteroatoms. The molecule has 19 heavy (non-hydrogen) atoms. The third-order valence-corrected chi connectivity index (χ3v) is 4.14. The van der Waals surface area contributed by atoms with Crippen molar-refractivity contribution in [3.8, 4) is 0 Å². The molecule has 0 saturated heterocycles. The summed E-state index contributed by atoms with van der Waals surface area (Å²) >= 11 is 1.87. The first-order chi connectivity index (χ1) is 9.15. The van der Waals surface area contributed by atoms with Gasteiger partial charge in [-0.05, 0) is 56.3 Å². The van der Waals surface area contributed by atoms with Gasteiger partial charge < -0.3 is 10.6 Å². The lowest BCUT2D eigenvalue weighted by molar-refractivity contribution is -0.114. The Hall–Kier alpha value is -1.00. The Morgan fingerprint density at radius 1 is 1.32 bits per heavy atom. The first-order valence-electron chi connectivity index (χ1n) is 6.83. The predicted molar refractivity (Wildman–Crippen MR) is 83.8 cm³/mol. The highest BCUT2D eigenvalue weighted by atomic mass is 32.2. The molecule has 1 amide bonds. The lowest BCUT2D eigenvalue weighted by Crippen LogP contribution is -2.23. The zero-order valence-electron chi connectivity index (χ0n) is 12.0. The summed E-state index contributed by atoms with van der Waals surface area (Å²) < 4.78 is 0. The summed E-state index contributed by atoms with van der Waals surface area (Å²) in [6, 6.07) is 8.66. The van der Waals surface area contributed by atoms with Gasteiger partial charge in [0.1, 0.15) is 0 Å². The molecule has 1 aromatic rings. The van der Waals surface area contributed by atoms with Crippen LogP contribution in [-0.2, 0) is 4.79 Å². The van der Waals surface area contributed by atoms with Crippen molar-refractivity contribution in [1.82, 2.24) is 5.32 Å². The molecule has 1 rings (SSSR count). The van der Waals surface area contributed by atoms with E-state index in [0.717, 1.165) is 11.4 Å². The van der Waals surface area contributed by atoms with E-state index in [4.69, 9.17) is 0 Å². The second-order valence-corrected chi connectivity index (χ2v) is 5.76. The van der Waals surface area contributed by atoms with E-state index in [1.165, 1.54) is 31.1 Å². The van der Waals surface area contributed by atoms with Gasteiger partial charge in [-0.2, -0.15) is 0 Å². The van der Waals surface area contributed by atoms with Gasteiger partial charge in [0.2, 0.25) is 5.91 Å². The zero-order chi connectivity index (χ0) is 14.1. The van der Waals surface area contributed by atoms with Crippen LogP contribution in [0, 0.1) is 0 Å². The predicted octanol–water partition coefficient (Wildman–Crippen LogP) is 3.52. The fourth-order valence-corrected chi connectivity index (χ4v) is 2.79. The van der Waals surface area contributed by atoms with E-state index in [0.29, 0.717) is 6.04 Å². The van der Waals surface area contributed by atoms with E-state index in [1.807, 2.05) is 30.9 Å². The Labute approximate surface area is 120 Å². The topological polar surface area (TPSA) is 41.1 Å². The molecule has 0 radical (unpaired) electrons. The molecule has 0 aromatic heterocycles. The van der Waals surface area contributed by atoms with Gasteiger partial charge in [0.05, 0.1) is 0 Å². The molecule has 1 unspecified atom stereocenters. The molecule has 0 heterocycles. The Bertz CT molecular complexity index is 374. The molecule has 0 aliphatic carbocycles. The van der Waals surface area contributed by atoms with Crippen LogP contribution >= 0.6 is 11.8 Å². The van der Waals surface area contributed by atoms with Crippen molar-refractivity contribution in [3.63, 3.8) is 0 Å². The quantitative estimate of drug-likeness (QED) is 0.565. The smallest absolute Gasteiger partial charge is 0.221 e. The SMILES string of the molecule is CCC(CCCSc1ccc(NC(C)=O)cc1)NC. The van der Waals surface area contributed by atoms with Crippen LogP contribution in [0.25, 0.3) is 0 Å². The first kappa shape index (κ1) is 16.1. The van der Waals surface area contributed by atoms with Crippen LogP contribution in [0.2, 0.25) is 0 Å². The molecule has 0 spiro atoms. The number of anilines is 1. The molecule has 0 bridgehead atoms. The van der Waals surface area contributed by atoms with Gasteiger partial charge in [-0.25, -0.2) is 0 Å². The van der Waals surface area contributed by atoms with Gasteiger partial charge >= 0.3 is 0 Å². The number of hydrogen-bond donors (Lipinski definition) is 2. The van der Waals surface area contributed by atoms with Gasteiger partial charge in [-0.3, -0.25) is 4.79 Å². The van der Waals surface area contributed by atoms with Crippen molar-refractivity contribution >= 4 is 23.4 Å². The van der Waals surface area contributed by atoms with Crippen molar-refractivity contribution in [2.45, 2.75) is 44.0 Å². The second kappa shape index (κ2) is 8.99. The zero-order valence-corrected chi connectivity index (χ0v) is 12.8. The minimum atomic E-state index is -0.0296. The van der Waals surface area contributed by atoms with Gasteiger partial charge in [-0.15, -0.1) is 11.8 Å². The van der Waals surface area contributed by atoms with Crippen molar-refractivity contribution in [2.75, 3.05) is 18.1 Å².